The number of anilines is 1. The zero-order valence-corrected chi connectivity index (χ0v) is 17.0. The van der Waals surface area contributed by atoms with Crippen LogP contribution in [0.1, 0.15) is 12.5 Å². The number of aromatic nitrogens is 2. The summed E-state index contributed by atoms with van der Waals surface area (Å²) in [7, 11) is 0. The van der Waals surface area contributed by atoms with Crippen LogP contribution in [0.3, 0.4) is 0 Å². The van der Waals surface area contributed by atoms with E-state index in [2.05, 4.69) is 5.32 Å². The first-order valence-electron chi connectivity index (χ1n) is 10.0. The number of cyclic esters (lactones) is 1. The highest BCUT2D eigenvalue weighted by molar-refractivity contribution is 5.89. The first-order chi connectivity index (χ1) is 15.0. The number of ether oxygens (including phenoxy) is 1. The van der Waals surface area contributed by atoms with Crippen molar-refractivity contribution < 1.29 is 14.3 Å². The normalized spacial score (nSPS) is 13.5. The minimum atomic E-state index is -0.518. The van der Waals surface area contributed by atoms with Crippen LogP contribution in [0.4, 0.5) is 10.5 Å². The summed E-state index contributed by atoms with van der Waals surface area (Å²) in [6.07, 6.45) is -0.390. The molecule has 0 spiro atoms. The van der Waals surface area contributed by atoms with Crippen molar-refractivity contribution in [1.29, 1.82) is 0 Å². The second-order valence-corrected chi connectivity index (χ2v) is 7.15. The molecule has 1 fully saturated rings. The lowest BCUT2D eigenvalue weighted by Crippen LogP contribution is -2.42. The van der Waals surface area contributed by atoms with Crippen LogP contribution in [-0.4, -0.2) is 34.3 Å². The maximum atomic E-state index is 12.8. The van der Waals surface area contributed by atoms with Crippen molar-refractivity contribution in [3.05, 3.63) is 74.9 Å². The molecule has 1 aliphatic heterocycles. The van der Waals surface area contributed by atoms with E-state index >= 15 is 0 Å². The van der Waals surface area contributed by atoms with Crippen LogP contribution in [0.25, 0.3) is 10.9 Å². The summed E-state index contributed by atoms with van der Waals surface area (Å²) in [5.41, 5.74) is 1.05. The molecule has 2 amide bonds. The number of hydrogen-bond acceptors (Lipinski definition) is 5. The molecule has 1 aliphatic rings. The molecule has 160 valence electrons. The lowest BCUT2D eigenvalue weighted by molar-refractivity contribution is -0.121. The fraction of sp³-hybridized carbons (Fsp3) is 0.273. The van der Waals surface area contributed by atoms with Gasteiger partial charge in [-0.15, -0.1) is 0 Å². The number of amides is 2. The SMILES string of the molecule is CCn1c(=O)c2ccccc2n(CC(=O)NCc2cccc(N3CCOC3=O)c2)c1=O. The summed E-state index contributed by atoms with van der Waals surface area (Å²) in [6, 6.07) is 14.0. The lowest BCUT2D eigenvalue weighted by atomic mass is 10.2. The number of rotatable bonds is 6. The van der Waals surface area contributed by atoms with E-state index in [1.807, 2.05) is 12.1 Å². The second-order valence-electron chi connectivity index (χ2n) is 7.15. The van der Waals surface area contributed by atoms with E-state index in [0.29, 0.717) is 29.7 Å². The molecule has 3 aromatic rings. The largest absolute Gasteiger partial charge is 0.447 e. The molecule has 0 bridgehead atoms. The van der Waals surface area contributed by atoms with Crippen molar-refractivity contribution in [1.82, 2.24) is 14.5 Å². The van der Waals surface area contributed by atoms with Gasteiger partial charge in [-0.3, -0.25) is 23.6 Å². The van der Waals surface area contributed by atoms with Crippen LogP contribution in [0, 0.1) is 0 Å². The van der Waals surface area contributed by atoms with Crippen LogP contribution in [0.5, 0.6) is 0 Å². The van der Waals surface area contributed by atoms with Gasteiger partial charge in [0.25, 0.3) is 5.56 Å². The average Bonchev–Trinajstić information content (AvgIpc) is 3.22. The van der Waals surface area contributed by atoms with Gasteiger partial charge in [0.2, 0.25) is 5.91 Å². The Bertz CT molecular complexity index is 1280. The van der Waals surface area contributed by atoms with Gasteiger partial charge in [-0.25, -0.2) is 9.59 Å². The first kappa shape index (κ1) is 20.4. The fourth-order valence-corrected chi connectivity index (χ4v) is 3.66. The van der Waals surface area contributed by atoms with Crippen molar-refractivity contribution in [2.45, 2.75) is 26.6 Å². The Balaban J connectivity index is 1.53. The maximum absolute atomic E-state index is 12.8. The number of nitrogens with one attached hydrogen (secondary N) is 1. The van der Waals surface area contributed by atoms with Crippen molar-refractivity contribution in [3.63, 3.8) is 0 Å². The molecule has 0 unspecified atom stereocenters. The van der Waals surface area contributed by atoms with Gasteiger partial charge in [0.1, 0.15) is 13.2 Å². The third kappa shape index (κ3) is 3.94. The highest BCUT2D eigenvalue weighted by Crippen LogP contribution is 2.20. The van der Waals surface area contributed by atoms with Crippen LogP contribution in [-0.2, 0) is 29.2 Å². The smallest absolute Gasteiger partial charge is 0.414 e. The number of para-hydroxylation sites is 1. The second kappa shape index (κ2) is 8.47. The van der Waals surface area contributed by atoms with Crippen molar-refractivity contribution in [2.75, 3.05) is 18.1 Å². The van der Waals surface area contributed by atoms with Crippen LogP contribution in [0.15, 0.2) is 58.1 Å². The Morgan fingerprint density at radius 2 is 1.87 bits per heavy atom. The van der Waals surface area contributed by atoms with Crippen molar-refractivity contribution in [3.8, 4) is 0 Å². The maximum Gasteiger partial charge on any atom is 0.414 e. The van der Waals surface area contributed by atoms with E-state index in [4.69, 9.17) is 4.74 Å². The molecule has 2 aromatic carbocycles. The summed E-state index contributed by atoms with van der Waals surface area (Å²) >= 11 is 0. The Morgan fingerprint density at radius 1 is 1.06 bits per heavy atom. The number of fused-ring (bicyclic) bond motifs is 1. The minimum absolute atomic E-state index is 0.211. The average molecular weight is 422 g/mol. The highest BCUT2D eigenvalue weighted by atomic mass is 16.6. The van der Waals surface area contributed by atoms with Crippen molar-refractivity contribution in [2.24, 2.45) is 0 Å². The standard InChI is InChI=1S/C22H22N4O5/c1-2-24-20(28)17-8-3-4-9-18(17)26(21(24)29)14-19(27)23-13-15-6-5-7-16(12-15)25-10-11-31-22(25)30/h3-9,12H,2,10-11,13-14H2,1H3,(H,23,27). The third-order valence-electron chi connectivity index (χ3n) is 5.22. The highest BCUT2D eigenvalue weighted by Gasteiger charge is 2.23. The van der Waals surface area contributed by atoms with Crippen LogP contribution in [0.2, 0.25) is 0 Å². The van der Waals surface area contributed by atoms with Gasteiger partial charge in [-0.2, -0.15) is 0 Å². The first-order valence-corrected chi connectivity index (χ1v) is 10.0. The predicted molar refractivity (Wildman–Crippen MR) is 115 cm³/mol. The number of carbonyl (C=O) groups is 2. The molecule has 0 radical (unpaired) electrons. The topological polar surface area (TPSA) is 103 Å². The van der Waals surface area contributed by atoms with Crippen molar-refractivity contribution >= 4 is 28.6 Å². The molecule has 9 heteroatoms. The molecule has 9 nitrogen and oxygen atoms in total. The minimum Gasteiger partial charge on any atom is -0.447 e. The predicted octanol–water partition coefficient (Wildman–Crippen LogP) is 1.46. The summed E-state index contributed by atoms with van der Waals surface area (Å²) in [5, 5.41) is 3.19. The molecule has 0 aliphatic carbocycles. The molecule has 4 rings (SSSR count). The van der Waals surface area contributed by atoms with E-state index in [1.54, 1.807) is 43.3 Å². The van der Waals surface area contributed by atoms with Gasteiger partial charge in [0, 0.05) is 18.8 Å². The van der Waals surface area contributed by atoms with Crippen LogP contribution < -0.4 is 21.5 Å². The third-order valence-corrected chi connectivity index (χ3v) is 5.22. The van der Waals surface area contributed by atoms with Gasteiger partial charge in [-0.05, 0) is 36.8 Å². The van der Waals surface area contributed by atoms with E-state index in [-0.39, 0.29) is 31.1 Å². The summed E-state index contributed by atoms with van der Waals surface area (Å²) in [6.45, 7) is 2.79. The lowest BCUT2D eigenvalue weighted by Gasteiger charge is -2.15. The molecule has 1 saturated heterocycles. The molecule has 2 heterocycles. The molecule has 0 saturated carbocycles. The van der Waals surface area contributed by atoms with Crippen LogP contribution >= 0.6 is 0 Å². The number of hydrogen-bond donors (Lipinski definition) is 1. The summed E-state index contributed by atoms with van der Waals surface area (Å²) in [5.74, 6) is -0.362. The van der Waals surface area contributed by atoms with Gasteiger partial charge < -0.3 is 10.1 Å². The Kier molecular flexibility index (Phi) is 5.57. The van der Waals surface area contributed by atoms with Gasteiger partial charge >= 0.3 is 11.8 Å². The number of benzene rings is 2. The summed E-state index contributed by atoms with van der Waals surface area (Å²) < 4.78 is 7.39. The molecule has 0 atom stereocenters. The molecular formula is C22H22N4O5. The molecule has 31 heavy (non-hydrogen) atoms. The fourth-order valence-electron chi connectivity index (χ4n) is 3.66. The van der Waals surface area contributed by atoms with Gasteiger partial charge in [0.05, 0.1) is 17.4 Å². The molecule has 1 aromatic heterocycles. The monoisotopic (exact) mass is 422 g/mol. The number of carbonyl (C=O) groups excluding carboxylic acids is 2. The quantitative estimate of drug-likeness (QED) is 0.648. The van der Waals surface area contributed by atoms with Gasteiger partial charge in [-0.1, -0.05) is 24.3 Å². The number of nitrogens with zero attached hydrogens (tertiary/aromatic N) is 3. The Hall–Kier alpha value is -3.88. The molecular weight excluding hydrogens is 400 g/mol. The zero-order chi connectivity index (χ0) is 22.0. The van der Waals surface area contributed by atoms with E-state index in [1.165, 1.54) is 9.47 Å². The van der Waals surface area contributed by atoms with E-state index in [0.717, 1.165) is 10.1 Å². The Morgan fingerprint density at radius 3 is 2.61 bits per heavy atom. The zero-order valence-electron chi connectivity index (χ0n) is 17.0. The van der Waals surface area contributed by atoms with Gasteiger partial charge in [0.15, 0.2) is 0 Å². The van der Waals surface area contributed by atoms with E-state index < -0.39 is 11.8 Å². The van der Waals surface area contributed by atoms with E-state index in [9.17, 15) is 19.2 Å². The Labute approximate surface area is 177 Å². The molecule has 1 N–H and O–H groups in total. The summed E-state index contributed by atoms with van der Waals surface area (Å²) in [4.78, 5) is 51.2.